The molecule has 2 fully saturated rings. The molecule has 210 valence electrons. The van der Waals surface area contributed by atoms with Crippen LogP contribution in [-0.2, 0) is 22.7 Å². The Bertz CT molecular complexity index is 1400. The first kappa shape index (κ1) is 26.9. The van der Waals surface area contributed by atoms with Crippen molar-refractivity contribution in [2.75, 3.05) is 19.6 Å². The van der Waals surface area contributed by atoms with Crippen molar-refractivity contribution in [3.8, 4) is 11.5 Å². The average molecular weight is 561 g/mol. The summed E-state index contributed by atoms with van der Waals surface area (Å²) in [6, 6.07) is 16.1. The number of nitrogens with one attached hydrogen (secondary N) is 1. The van der Waals surface area contributed by atoms with Crippen LogP contribution in [0.4, 0.5) is 0 Å². The van der Waals surface area contributed by atoms with E-state index in [1.165, 1.54) is 11.3 Å². The van der Waals surface area contributed by atoms with Crippen molar-refractivity contribution < 1.29 is 19.1 Å². The van der Waals surface area contributed by atoms with E-state index in [0.29, 0.717) is 43.7 Å². The van der Waals surface area contributed by atoms with Crippen LogP contribution in [0, 0.1) is 6.92 Å². The van der Waals surface area contributed by atoms with E-state index in [0.717, 1.165) is 46.2 Å². The predicted molar refractivity (Wildman–Crippen MR) is 154 cm³/mol. The molecule has 2 amide bonds. The van der Waals surface area contributed by atoms with Gasteiger partial charge in [0.1, 0.15) is 16.4 Å². The highest BCUT2D eigenvalue weighted by molar-refractivity contribution is 7.13. The number of hydrogen-bond acceptors (Lipinski definition) is 7. The SMILES string of the molecule is Cc1nc(C(C)C)sc1C(=O)N1C[C@@H]2NC(=O)CN(C3CC3)Cc3cccc(c3)Oc3cccc(c3)CO[C@H]2C1. The minimum absolute atomic E-state index is 0.0441. The van der Waals surface area contributed by atoms with Crippen LogP contribution in [0.2, 0.25) is 0 Å². The summed E-state index contributed by atoms with van der Waals surface area (Å²) in [5, 5.41) is 4.19. The Labute approximate surface area is 239 Å². The number of hydrogen-bond donors (Lipinski definition) is 1. The van der Waals surface area contributed by atoms with Crippen LogP contribution in [0.3, 0.4) is 0 Å². The molecule has 0 spiro atoms. The van der Waals surface area contributed by atoms with Crippen molar-refractivity contribution in [3.05, 3.63) is 75.2 Å². The van der Waals surface area contributed by atoms with Crippen LogP contribution >= 0.6 is 11.3 Å². The van der Waals surface area contributed by atoms with E-state index in [2.05, 4.69) is 35.1 Å². The third-order valence-corrected chi connectivity index (χ3v) is 9.14. The molecule has 2 aromatic carbocycles. The molecule has 1 aromatic heterocycles. The summed E-state index contributed by atoms with van der Waals surface area (Å²) in [6.45, 7) is 8.19. The highest BCUT2D eigenvalue weighted by Crippen LogP contribution is 2.31. The molecule has 1 N–H and O–H groups in total. The standard InChI is InChI=1S/C31H36N4O4S/c1-19(2)30-32-20(3)29(40-30)31(37)35-15-26-27(16-35)38-18-22-7-5-9-25(13-22)39-24-8-4-6-21(12-24)14-34(23-10-11-23)17-28(36)33-26/h4-9,12-13,19,23,26-27H,10-11,14-18H2,1-3H3,(H,33,36)/t26-,27-/m0/s1. The fourth-order valence-corrected chi connectivity index (χ4v) is 6.46. The van der Waals surface area contributed by atoms with Gasteiger partial charge in [-0.3, -0.25) is 14.5 Å². The third-order valence-electron chi connectivity index (χ3n) is 7.69. The lowest BCUT2D eigenvalue weighted by molar-refractivity contribution is -0.124. The van der Waals surface area contributed by atoms with E-state index in [9.17, 15) is 9.59 Å². The summed E-state index contributed by atoms with van der Waals surface area (Å²) in [5.74, 6) is 1.69. The molecule has 2 atom stereocenters. The largest absolute Gasteiger partial charge is 0.457 e. The van der Waals surface area contributed by atoms with Crippen LogP contribution in [-0.4, -0.2) is 64.4 Å². The fourth-order valence-electron chi connectivity index (χ4n) is 5.42. The number of amides is 2. The van der Waals surface area contributed by atoms with Crippen molar-refractivity contribution in [1.29, 1.82) is 0 Å². The molecular formula is C31H36N4O4S. The Balaban J connectivity index is 1.26. The van der Waals surface area contributed by atoms with E-state index < -0.39 is 0 Å². The van der Waals surface area contributed by atoms with Gasteiger partial charge in [0.2, 0.25) is 5.91 Å². The van der Waals surface area contributed by atoms with E-state index in [-0.39, 0.29) is 29.9 Å². The van der Waals surface area contributed by atoms with Gasteiger partial charge in [-0.25, -0.2) is 4.98 Å². The number of benzene rings is 2. The van der Waals surface area contributed by atoms with Gasteiger partial charge in [-0.05, 0) is 55.2 Å². The number of thiazole rings is 1. The second-order valence-corrected chi connectivity index (χ2v) is 12.4. The Morgan fingerprint density at radius 1 is 1.05 bits per heavy atom. The van der Waals surface area contributed by atoms with Crippen molar-refractivity contribution in [2.45, 2.75) is 70.9 Å². The zero-order chi connectivity index (χ0) is 27.8. The van der Waals surface area contributed by atoms with Crippen LogP contribution in [0.25, 0.3) is 0 Å². The monoisotopic (exact) mass is 560 g/mol. The molecule has 40 heavy (non-hydrogen) atoms. The van der Waals surface area contributed by atoms with Gasteiger partial charge in [-0.15, -0.1) is 11.3 Å². The van der Waals surface area contributed by atoms with Crippen LogP contribution in [0.15, 0.2) is 48.5 Å². The molecule has 1 saturated carbocycles. The van der Waals surface area contributed by atoms with Gasteiger partial charge >= 0.3 is 0 Å². The second kappa shape index (κ2) is 11.3. The van der Waals surface area contributed by atoms with Gasteiger partial charge < -0.3 is 19.7 Å². The summed E-state index contributed by atoms with van der Waals surface area (Å²) in [7, 11) is 0. The molecule has 9 heteroatoms. The Morgan fingerprint density at radius 3 is 2.48 bits per heavy atom. The van der Waals surface area contributed by atoms with Crippen molar-refractivity contribution >= 4 is 23.2 Å². The molecule has 4 bridgehead atoms. The molecule has 3 heterocycles. The molecule has 8 nitrogen and oxygen atoms in total. The first-order valence-electron chi connectivity index (χ1n) is 14.1. The number of carbonyl (C=O) groups excluding carboxylic acids is 2. The minimum atomic E-state index is -0.328. The smallest absolute Gasteiger partial charge is 0.266 e. The number of fused-ring (bicyclic) bond motifs is 5. The number of likely N-dealkylation sites (tertiary alicyclic amines) is 1. The normalized spacial score (nSPS) is 22.1. The Hall–Kier alpha value is -3.27. The third kappa shape index (κ3) is 6.06. The zero-order valence-electron chi connectivity index (χ0n) is 23.3. The van der Waals surface area contributed by atoms with Crippen LogP contribution in [0.5, 0.6) is 11.5 Å². The van der Waals surface area contributed by atoms with Gasteiger partial charge in [0.15, 0.2) is 0 Å². The topological polar surface area (TPSA) is 84.0 Å². The maximum absolute atomic E-state index is 13.6. The van der Waals surface area contributed by atoms with E-state index in [1.807, 2.05) is 49.4 Å². The maximum atomic E-state index is 13.6. The first-order valence-corrected chi connectivity index (χ1v) is 14.9. The molecule has 6 rings (SSSR count). The fraction of sp³-hybridized carbons (Fsp3) is 0.452. The molecule has 3 aliphatic rings. The van der Waals surface area contributed by atoms with Crippen molar-refractivity contribution in [3.63, 3.8) is 0 Å². The maximum Gasteiger partial charge on any atom is 0.266 e. The number of rotatable bonds is 3. The molecule has 3 aromatic rings. The molecule has 1 aliphatic carbocycles. The highest BCUT2D eigenvalue weighted by Gasteiger charge is 2.39. The molecule has 2 aliphatic heterocycles. The van der Waals surface area contributed by atoms with Crippen molar-refractivity contribution in [2.24, 2.45) is 0 Å². The molecule has 0 radical (unpaired) electrons. The van der Waals surface area contributed by atoms with Crippen LogP contribution in [0.1, 0.15) is 64.1 Å². The van der Waals surface area contributed by atoms with E-state index in [1.54, 1.807) is 4.90 Å². The number of carbonyl (C=O) groups is 2. The Kier molecular flexibility index (Phi) is 7.61. The first-order chi connectivity index (χ1) is 19.3. The molecule has 0 unspecified atom stereocenters. The molecule has 1 saturated heterocycles. The molecular weight excluding hydrogens is 524 g/mol. The summed E-state index contributed by atoms with van der Waals surface area (Å²) in [6.07, 6.45) is 1.87. The summed E-state index contributed by atoms with van der Waals surface area (Å²) >= 11 is 1.46. The Morgan fingerprint density at radius 2 is 1.77 bits per heavy atom. The number of nitrogens with zero attached hydrogens (tertiary/aromatic N) is 3. The summed E-state index contributed by atoms with van der Waals surface area (Å²) in [5.41, 5.74) is 2.84. The van der Waals surface area contributed by atoms with Crippen molar-refractivity contribution in [1.82, 2.24) is 20.1 Å². The average Bonchev–Trinajstić information content (AvgIpc) is 3.59. The lowest BCUT2D eigenvalue weighted by atomic mass is 10.1. The zero-order valence-corrected chi connectivity index (χ0v) is 24.1. The van der Waals surface area contributed by atoms with Gasteiger partial charge in [-0.1, -0.05) is 38.1 Å². The van der Waals surface area contributed by atoms with Gasteiger partial charge in [-0.2, -0.15) is 0 Å². The lowest BCUT2D eigenvalue weighted by Gasteiger charge is -2.25. The van der Waals surface area contributed by atoms with E-state index in [4.69, 9.17) is 9.47 Å². The number of aryl methyl sites for hydroxylation is 1. The van der Waals surface area contributed by atoms with Gasteiger partial charge in [0, 0.05) is 31.6 Å². The number of aromatic nitrogens is 1. The minimum Gasteiger partial charge on any atom is -0.457 e. The second-order valence-electron chi connectivity index (χ2n) is 11.4. The highest BCUT2D eigenvalue weighted by atomic mass is 32.1. The van der Waals surface area contributed by atoms with Gasteiger partial charge in [0.05, 0.1) is 36.0 Å². The number of ether oxygens (including phenoxy) is 2. The van der Waals surface area contributed by atoms with Crippen LogP contribution < -0.4 is 10.1 Å². The van der Waals surface area contributed by atoms with E-state index >= 15 is 0 Å². The summed E-state index contributed by atoms with van der Waals surface area (Å²) < 4.78 is 12.6. The predicted octanol–water partition coefficient (Wildman–Crippen LogP) is 4.87. The summed E-state index contributed by atoms with van der Waals surface area (Å²) in [4.78, 5) is 36.3. The quantitative estimate of drug-likeness (QED) is 0.492. The lowest BCUT2D eigenvalue weighted by Crippen LogP contribution is -2.48. The van der Waals surface area contributed by atoms with Gasteiger partial charge in [0.25, 0.3) is 5.91 Å².